The topological polar surface area (TPSA) is 78.9 Å². The second-order valence-electron chi connectivity index (χ2n) is 23.0. The van der Waals surface area contributed by atoms with Crippen molar-refractivity contribution in [3.8, 4) is 0 Å². The summed E-state index contributed by atoms with van der Waals surface area (Å²) in [6.45, 7) is 6.37. The van der Waals surface area contributed by atoms with Gasteiger partial charge in [-0.1, -0.05) is 309 Å². The van der Waals surface area contributed by atoms with E-state index in [1.54, 1.807) is 0 Å². The largest absolute Gasteiger partial charge is 0.462 e. The van der Waals surface area contributed by atoms with Crippen molar-refractivity contribution in [1.82, 2.24) is 0 Å². The number of rotatable bonds is 63. The first-order valence-electron chi connectivity index (χ1n) is 35.0. The molecule has 0 bridgehead atoms. The molecule has 6 heteroatoms. The van der Waals surface area contributed by atoms with Gasteiger partial charge in [-0.15, -0.1) is 0 Å². The molecule has 0 saturated heterocycles. The first-order valence-corrected chi connectivity index (χ1v) is 35.0. The first kappa shape index (κ1) is 78.8. The van der Waals surface area contributed by atoms with Gasteiger partial charge >= 0.3 is 17.9 Å². The van der Waals surface area contributed by atoms with Gasteiger partial charge in [0.1, 0.15) is 13.2 Å². The van der Waals surface area contributed by atoms with Gasteiger partial charge in [-0.05, 0) is 122 Å². The van der Waals surface area contributed by atoms with E-state index >= 15 is 0 Å². The van der Waals surface area contributed by atoms with E-state index in [1.165, 1.54) is 167 Å². The molecule has 0 heterocycles. The van der Waals surface area contributed by atoms with Crippen LogP contribution < -0.4 is 0 Å². The maximum absolute atomic E-state index is 12.9. The minimum Gasteiger partial charge on any atom is -0.462 e. The Morgan fingerprint density at radius 3 is 0.783 bits per heavy atom. The van der Waals surface area contributed by atoms with Gasteiger partial charge in [-0.25, -0.2) is 0 Å². The molecule has 0 aromatic heterocycles. The number of ether oxygens (including phenoxy) is 3. The van der Waals surface area contributed by atoms with Crippen molar-refractivity contribution in [2.45, 2.75) is 335 Å². The Kier molecular flexibility index (Phi) is 66.7. The smallest absolute Gasteiger partial charge is 0.306 e. The van der Waals surface area contributed by atoms with Crippen molar-refractivity contribution in [2.24, 2.45) is 0 Å². The van der Waals surface area contributed by atoms with Crippen LogP contribution in [0.5, 0.6) is 0 Å². The molecular formula is C77H130O6. The fraction of sp³-hybridized carbons (Fsp3) is 0.701. The summed E-state index contributed by atoms with van der Waals surface area (Å²) >= 11 is 0. The van der Waals surface area contributed by atoms with E-state index < -0.39 is 6.10 Å². The highest BCUT2D eigenvalue weighted by atomic mass is 16.6. The molecule has 1 unspecified atom stereocenters. The number of carbonyl (C=O) groups excluding carboxylic acids is 3. The van der Waals surface area contributed by atoms with E-state index in [-0.39, 0.29) is 37.5 Å². The van der Waals surface area contributed by atoms with Gasteiger partial charge in [0, 0.05) is 19.3 Å². The van der Waals surface area contributed by atoms with Gasteiger partial charge < -0.3 is 14.2 Å². The second-order valence-corrected chi connectivity index (χ2v) is 23.0. The Bertz CT molecular complexity index is 1700. The number of hydrogen-bond acceptors (Lipinski definition) is 6. The first-order chi connectivity index (χ1) is 41.0. The molecule has 0 fully saturated rings. The molecule has 0 aromatic rings. The molecule has 0 saturated carbocycles. The number of hydrogen-bond donors (Lipinski definition) is 0. The van der Waals surface area contributed by atoms with E-state index in [1.807, 2.05) is 0 Å². The van der Waals surface area contributed by atoms with Gasteiger partial charge in [0.2, 0.25) is 0 Å². The van der Waals surface area contributed by atoms with Crippen LogP contribution in [0.2, 0.25) is 0 Å². The number of esters is 3. The number of allylic oxidation sites excluding steroid dienone is 20. The van der Waals surface area contributed by atoms with Crippen LogP contribution in [-0.4, -0.2) is 37.2 Å². The minimum atomic E-state index is -0.822. The fourth-order valence-corrected chi connectivity index (χ4v) is 9.76. The zero-order valence-electron chi connectivity index (χ0n) is 54.4. The lowest BCUT2D eigenvalue weighted by Gasteiger charge is -2.18. The van der Waals surface area contributed by atoms with Gasteiger partial charge in [-0.2, -0.15) is 0 Å². The quantitative estimate of drug-likeness (QED) is 0.0261. The summed E-state index contributed by atoms with van der Waals surface area (Å²) in [6.07, 6.45) is 98.2. The van der Waals surface area contributed by atoms with Crippen LogP contribution in [-0.2, 0) is 28.6 Å². The average Bonchev–Trinajstić information content (AvgIpc) is 3.50. The molecule has 0 amide bonds. The fourth-order valence-electron chi connectivity index (χ4n) is 9.76. The molecule has 0 aliphatic carbocycles. The Morgan fingerprint density at radius 1 is 0.253 bits per heavy atom. The Hall–Kier alpha value is -4.19. The summed E-state index contributed by atoms with van der Waals surface area (Å²) in [5, 5.41) is 0. The molecule has 6 nitrogen and oxygen atoms in total. The monoisotopic (exact) mass is 1150 g/mol. The molecular weight excluding hydrogens is 1020 g/mol. The Morgan fingerprint density at radius 2 is 0.482 bits per heavy atom. The minimum absolute atomic E-state index is 0.109. The summed E-state index contributed by atoms with van der Waals surface area (Å²) in [5.41, 5.74) is 0. The van der Waals surface area contributed by atoms with Crippen LogP contribution in [0.1, 0.15) is 329 Å². The Labute approximate surface area is 513 Å². The van der Waals surface area contributed by atoms with E-state index in [0.717, 1.165) is 116 Å². The molecule has 0 spiro atoms. The predicted molar refractivity (Wildman–Crippen MR) is 362 cm³/mol. The van der Waals surface area contributed by atoms with E-state index in [2.05, 4.69) is 142 Å². The SMILES string of the molecule is CC/C=C\C/C=C\C/C=C\C/C=C\C/C=C\CCCC(=O)OC(COC(=O)CCCCCC/C=C\C/C=C\C/C=C\C/C=C\CC)COC(=O)CCCCCCCCCCCCCCCCCCCCC/C=C\CCCCCCCCCC. The van der Waals surface area contributed by atoms with Crippen molar-refractivity contribution < 1.29 is 28.6 Å². The third-order valence-corrected chi connectivity index (χ3v) is 14.9. The summed E-state index contributed by atoms with van der Waals surface area (Å²) < 4.78 is 16.9. The molecule has 83 heavy (non-hydrogen) atoms. The molecule has 0 N–H and O–H groups in total. The molecule has 0 aliphatic rings. The summed E-state index contributed by atoms with van der Waals surface area (Å²) in [7, 11) is 0. The highest BCUT2D eigenvalue weighted by Gasteiger charge is 2.19. The van der Waals surface area contributed by atoms with E-state index in [0.29, 0.717) is 19.3 Å². The molecule has 0 rings (SSSR count). The molecule has 0 aromatic carbocycles. The maximum Gasteiger partial charge on any atom is 0.306 e. The summed E-state index contributed by atoms with van der Waals surface area (Å²) in [6, 6.07) is 0. The third-order valence-electron chi connectivity index (χ3n) is 14.9. The lowest BCUT2D eigenvalue weighted by molar-refractivity contribution is -0.167. The molecule has 0 radical (unpaired) electrons. The number of carbonyl (C=O) groups is 3. The van der Waals surface area contributed by atoms with Gasteiger partial charge in [0.05, 0.1) is 0 Å². The van der Waals surface area contributed by atoms with Crippen molar-refractivity contribution in [3.63, 3.8) is 0 Å². The zero-order valence-corrected chi connectivity index (χ0v) is 54.4. The van der Waals surface area contributed by atoms with Crippen LogP contribution in [0.15, 0.2) is 122 Å². The van der Waals surface area contributed by atoms with Crippen LogP contribution in [0.25, 0.3) is 0 Å². The highest BCUT2D eigenvalue weighted by molar-refractivity contribution is 5.71. The molecule has 474 valence electrons. The zero-order chi connectivity index (χ0) is 59.9. The van der Waals surface area contributed by atoms with E-state index in [4.69, 9.17) is 14.2 Å². The van der Waals surface area contributed by atoms with Crippen LogP contribution >= 0.6 is 0 Å². The third kappa shape index (κ3) is 68.5. The summed E-state index contributed by atoms with van der Waals surface area (Å²) in [5.74, 6) is -0.984. The lowest BCUT2D eigenvalue weighted by Crippen LogP contribution is -2.30. The standard InChI is InChI=1S/C77H130O6/c1-4-7-10-13-16-19-22-25-28-31-32-33-34-35-36-37-38-39-40-41-42-43-44-47-49-52-55-58-61-64-67-70-76(79)82-73-74(83-77(80)71-68-65-62-59-56-53-50-46-30-27-24-21-18-15-12-9-6-3)72-81-75(78)69-66-63-60-57-54-51-48-45-29-26-23-20-17-14-11-8-5-2/h8-9,11-12,17-18,20-21,26-27,29-32,48,50-51,53,59,62,74H,4-7,10,13-16,19,22-25,28,33-47,49,52,54-58,60-61,63-73H2,1-3H3/b11-8-,12-9-,20-17-,21-18-,29-26-,30-27-,32-31-,51-48-,53-50-,62-59-. The van der Waals surface area contributed by atoms with Crippen molar-refractivity contribution in [1.29, 1.82) is 0 Å². The van der Waals surface area contributed by atoms with Crippen LogP contribution in [0.4, 0.5) is 0 Å². The van der Waals surface area contributed by atoms with Crippen molar-refractivity contribution in [3.05, 3.63) is 122 Å². The highest BCUT2D eigenvalue weighted by Crippen LogP contribution is 2.17. The predicted octanol–water partition coefficient (Wildman–Crippen LogP) is 24.3. The lowest BCUT2D eigenvalue weighted by atomic mass is 10.0. The van der Waals surface area contributed by atoms with E-state index in [9.17, 15) is 14.4 Å². The molecule has 1 atom stereocenters. The van der Waals surface area contributed by atoms with Crippen molar-refractivity contribution in [2.75, 3.05) is 13.2 Å². The van der Waals surface area contributed by atoms with Crippen LogP contribution in [0, 0.1) is 0 Å². The second kappa shape index (κ2) is 70.3. The van der Waals surface area contributed by atoms with Crippen molar-refractivity contribution >= 4 is 17.9 Å². The average molecular weight is 1150 g/mol. The van der Waals surface area contributed by atoms with Gasteiger partial charge in [0.15, 0.2) is 6.10 Å². The molecule has 0 aliphatic heterocycles. The maximum atomic E-state index is 12.9. The van der Waals surface area contributed by atoms with Gasteiger partial charge in [-0.3, -0.25) is 14.4 Å². The van der Waals surface area contributed by atoms with Crippen LogP contribution in [0.3, 0.4) is 0 Å². The van der Waals surface area contributed by atoms with Gasteiger partial charge in [0.25, 0.3) is 0 Å². The number of unbranched alkanes of at least 4 members (excludes halogenated alkanes) is 32. The normalized spacial score (nSPS) is 12.9. The summed E-state index contributed by atoms with van der Waals surface area (Å²) in [4.78, 5) is 38.4. The Balaban J connectivity index is 4.30.